The predicted octanol–water partition coefficient (Wildman–Crippen LogP) is 1.44. The molecule has 1 heterocycles. The molecule has 8 nitrogen and oxygen atoms in total. The molecule has 1 saturated heterocycles. The first-order valence-corrected chi connectivity index (χ1v) is 7.91. The number of nitro benzene ring substituents is 1. The van der Waals surface area contributed by atoms with Crippen molar-refractivity contribution in [2.45, 2.75) is 12.8 Å². The topological polar surface area (TPSA) is 93.0 Å². The lowest BCUT2D eigenvalue weighted by Crippen LogP contribution is -2.49. The van der Waals surface area contributed by atoms with E-state index in [9.17, 15) is 19.7 Å². The van der Waals surface area contributed by atoms with E-state index in [1.54, 1.807) is 6.07 Å². The van der Waals surface area contributed by atoms with E-state index in [1.807, 2.05) is 9.80 Å². The number of anilines is 1. The van der Waals surface area contributed by atoms with Crippen molar-refractivity contribution in [2.75, 3.05) is 38.2 Å². The lowest BCUT2D eigenvalue weighted by Gasteiger charge is -2.36. The van der Waals surface area contributed by atoms with Crippen molar-refractivity contribution in [3.8, 4) is 0 Å². The molecule has 128 valence electrons. The van der Waals surface area contributed by atoms with E-state index in [4.69, 9.17) is 0 Å². The average Bonchev–Trinajstić information content (AvgIpc) is 3.45. The highest BCUT2D eigenvalue weighted by Gasteiger charge is 2.34. The van der Waals surface area contributed by atoms with Crippen LogP contribution in [0.3, 0.4) is 0 Å². The Balaban J connectivity index is 1.74. The summed E-state index contributed by atoms with van der Waals surface area (Å²) in [6.07, 6.45) is 1.98. The van der Waals surface area contributed by atoms with Crippen LogP contribution in [0.15, 0.2) is 18.2 Å². The average molecular weight is 333 g/mol. The van der Waals surface area contributed by atoms with Gasteiger partial charge >= 0.3 is 5.97 Å². The summed E-state index contributed by atoms with van der Waals surface area (Å²) >= 11 is 0. The number of carbonyl (C=O) groups is 2. The summed E-state index contributed by atoms with van der Waals surface area (Å²) in [5, 5.41) is 11.1. The number of nitro groups is 1. The Morgan fingerprint density at radius 1 is 1.21 bits per heavy atom. The first kappa shape index (κ1) is 16.2. The number of ether oxygens (including phenoxy) is 1. The maximum atomic E-state index is 12.1. The number of carbonyl (C=O) groups excluding carboxylic acids is 2. The molecule has 0 unspecified atom stereocenters. The molecule has 0 spiro atoms. The van der Waals surface area contributed by atoms with Gasteiger partial charge in [0, 0.05) is 43.9 Å². The molecule has 1 aliphatic heterocycles. The van der Waals surface area contributed by atoms with Gasteiger partial charge in [0.25, 0.3) is 5.69 Å². The molecule has 0 atom stereocenters. The van der Waals surface area contributed by atoms with Crippen LogP contribution >= 0.6 is 0 Å². The Labute approximate surface area is 139 Å². The van der Waals surface area contributed by atoms with Gasteiger partial charge in [-0.1, -0.05) is 0 Å². The fourth-order valence-electron chi connectivity index (χ4n) is 2.93. The minimum absolute atomic E-state index is 0.0588. The third-order valence-electron chi connectivity index (χ3n) is 4.47. The Bertz CT molecular complexity index is 678. The fraction of sp³-hybridized carbons (Fsp3) is 0.500. The van der Waals surface area contributed by atoms with Crippen LogP contribution in [-0.4, -0.2) is 55.0 Å². The number of piperazine rings is 1. The largest absolute Gasteiger partial charge is 0.465 e. The SMILES string of the molecule is COC(=O)c1cc(N2CCN(C(=O)C3CC3)CC2)ccc1[N+](=O)[O-]. The molecule has 1 aromatic carbocycles. The zero-order chi connectivity index (χ0) is 17.3. The fourth-order valence-corrected chi connectivity index (χ4v) is 2.93. The second kappa shape index (κ2) is 6.46. The Hall–Kier alpha value is -2.64. The second-order valence-electron chi connectivity index (χ2n) is 6.04. The first-order chi connectivity index (χ1) is 11.5. The number of rotatable bonds is 4. The zero-order valence-electron chi connectivity index (χ0n) is 13.4. The minimum Gasteiger partial charge on any atom is -0.465 e. The number of hydrogen-bond acceptors (Lipinski definition) is 6. The van der Waals surface area contributed by atoms with Crippen molar-refractivity contribution < 1.29 is 19.2 Å². The maximum Gasteiger partial charge on any atom is 0.344 e. The molecule has 0 N–H and O–H groups in total. The van der Waals surface area contributed by atoms with E-state index in [2.05, 4.69) is 4.74 Å². The van der Waals surface area contributed by atoms with Crippen LogP contribution in [0.25, 0.3) is 0 Å². The smallest absolute Gasteiger partial charge is 0.344 e. The Morgan fingerprint density at radius 2 is 1.88 bits per heavy atom. The lowest BCUT2D eigenvalue weighted by atomic mass is 10.1. The van der Waals surface area contributed by atoms with E-state index in [0.717, 1.165) is 18.5 Å². The highest BCUT2D eigenvalue weighted by atomic mass is 16.6. The number of esters is 1. The van der Waals surface area contributed by atoms with Gasteiger partial charge in [-0.3, -0.25) is 14.9 Å². The number of benzene rings is 1. The first-order valence-electron chi connectivity index (χ1n) is 7.91. The van der Waals surface area contributed by atoms with E-state index in [1.165, 1.54) is 19.2 Å². The normalized spacial score (nSPS) is 17.5. The highest BCUT2D eigenvalue weighted by Crippen LogP contribution is 2.32. The Morgan fingerprint density at radius 3 is 2.42 bits per heavy atom. The molecule has 0 aromatic heterocycles. The molecule has 24 heavy (non-hydrogen) atoms. The van der Waals surface area contributed by atoms with Crippen LogP contribution in [0.1, 0.15) is 23.2 Å². The summed E-state index contributed by atoms with van der Waals surface area (Å²) in [6.45, 7) is 2.52. The standard InChI is InChI=1S/C16H19N3O5/c1-24-16(21)13-10-12(4-5-14(13)19(22)23)17-6-8-18(9-7-17)15(20)11-2-3-11/h4-5,10-11H,2-3,6-9H2,1H3. The molecule has 1 amide bonds. The minimum atomic E-state index is -0.730. The summed E-state index contributed by atoms with van der Waals surface area (Å²) < 4.78 is 4.64. The van der Waals surface area contributed by atoms with Gasteiger partial charge in [-0.15, -0.1) is 0 Å². The zero-order valence-corrected chi connectivity index (χ0v) is 13.4. The molecular weight excluding hydrogens is 314 g/mol. The van der Waals surface area contributed by atoms with Crippen LogP contribution in [-0.2, 0) is 9.53 Å². The van der Waals surface area contributed by atoms with Crippen LogP contribution < -0.4 is 4.90 Å². The second-order valence-corrected chi connectivity index (χ2v) is 6.04. The van der Waals surface area contributed by atoms with Gasteiger partial charge in [-0.2, -0.15) is 0 Å². The maximum absolute atomic E-state index is 12.1. The third kappa shape index (κ3) is 3.17. The summed E-state index contributed by atoms with van der Waals surface area (Å²) in [7, 11) is 1.20. The number of methoxy groups -OCH3 is 1. The predicted molar refractivity (Wildman–Crippen MR) is 86.0 cm³/mol. The van der Waals surface area contributed by atoms with E-state index >= 15 is 0 Å². The van der Waals surface area contributed by atoms with Crippen molar-refractivity contribution in [3.05, 3.63) is 33.9 Å². The van der Waals surface area contributed by atoms with Gasteiger partial charge in [0.1, 0.15) is 5.56 Å². The van der Waals surface area contributed by atoms with Gasteiger partial charge in [-0.05, 0) is 25.0 Å². The monoisotopic (exact) mass is 333 g/mol. The van der Waals surface area contributed by atoms with Crippen molar-refractivity contribution in [1.29, 1.82) is 0 Å². The Kier molecular flexibility index (Phi) is 4.37. The van der Waals surface area contributed by atoms with Crippen molar-refractivity contribution in [3.63, 3.8) is 0 Å². The molecule has 2 fully saturated rings. The van der Waals surface area contributed by atoms with E-state index < -0.39 is 10.9 Å². The molecule has 1 aromatic rings. The van der Waals surface area contributed by atoms with Crippen molar-refractivity contribution >= 4 is 23.3 Å². The number of amides is 1. The van der Waals surface area contributed by atoms with Crippen LogP contribution in [0.5, 0.6) is 0 Å². The molecular formula is C16H19N3O5. The van der Waals surface area contributed by atoms with Crippen LogP contribution in [0.2, 0.25) is 0 Å². The van der Waals surface area contributed by atoms with Gasteiger partial charge < -0.3 is 14.5 Å². The summed E-state index contributed by atoms with van der Waals surface area (Å²) in [5.74, 6) is -0.290. The molecule has 0 bridgehead atoms. The molecule has 1 aliphatic carbocycles. The van der Waals surface area contributed by atoms with Gasteiger partial charge in [0.05, 0.1) is 12.0 Å². The van der Waals surface area contributed by atoms with Crippen molar-refractivity contribution in [2.24, 2.45) is 5.92 Å². The van der Waals surface area contributed by atoms with Crippen molar-refractivity contribution in [1.82, 2.24) is 4.90 Å². The summed E-state index contributed by atoms with van der Waals surface area (Å²) in [6, 6.07) is 4.44. The lowest BCUT2D eigenvalue weighted by molar-refractivity contribution is -0.385. The summed E-state index contributed by atoms with van der Waals surface area (Å²) in [5.41, 5.74) is 0.393. The molecule has 2 aliphatic rings. The van der Waals surface area contributed by atoms with Crippen LogP contribution in [0, 0.1) is 16.0 Å². The molecule has 1 saturated carbocycles. The highest BCUT2D eigenvalue weighted by molar-refractivity contribution is 5.95. The van der Waals surface area contributed by atoms with E-state index in [0.29, 0.717) is 26.2 Å². The number of nitrogens with zero attached hydrogens (tertiary/aromatic N) is 3. The summed E-state index contributed by atoms with van der Waals surface area (Å²) in [4.78, 5) is 38.2. The van der Waals surface area contributed by atoms with Crippen LogP contribution in [0.4, 0.5) is 11.4 Å². The molecule has 3 rings (SSSR count). The quantitative estimate of drug-likeness (QED) is 0.470. The molecule has 0 radical (unpaired) electrons. The van der Waals surface area contributed by atoms with Gasteiger partial charge in [0.15, 0.2) is 0 Å². The molecule has 8 heteroatoms. The third-order valence-corrected chi connectivity index (χ3v) is 4.47. The van der Waals surface area contributed by atoms with Gasteiger partial charge in [-0.25, -0.2) is 4.79 Å². The van der Waals surface area contributed by atoms with Gasteiger partial charge in [0.2, 0.25) is 5.91 Å². The van der Waals surface area contributed by atoms with E-state index in [-0.39, 0.29) is 23.1 Å². The number of hydrogen-bond donors (Lipinski definition) is 0.